The van der Waals surface area contributed by atoms with Crippen molar-refractivity contribution in [1.82, 2.24) is 5.32 Å². The highest BCUT2D eigenvalue weighted by atomic mass is 35.5. The number of carbonyl (C=O) groups is 2. The lowest BCUT2D eigenvalue weighted by Gasteiger charge is -2.21. The first kappa shape index (κ1) is 17.3. The van der Waals surface area contributed by atoms with Gasteiger partial charge in [0.2, 0.25) is 0 Å². The van der Waals surface area contributed by atoms with Crippen LogP contribution in [0.5, 0.6) is 0 Å². The van der Waals surface area contributed by atoms with Gasteiger partial charge in [0.15, 0.2) is 0 Å². The predicted molar refractivity (Wildman–Crippen MR) is 81.1 cm³/mol. The van der Waals surface area contributed by atoms with Crippen LogP contribution in [0.25, 0.3) is 0 Å². The Balaban J connectivity index is 2.70. The Labute approximate surface area is 128 Å². The minimum absolute atomic E-state index is 0.0120. The summed E-state index contributed by atoms with van der Waals surface area (Å²) in [6.45, 7) is 4.36. The fourth-order valence-electron chi connectivity index (χ4n) is 1.68. The molecule has 0 saturated heterocycles. The highest BCUT2D eigenvalue weighted by molar-refractivity contribution is 6.33. The Morgan fingerprint density at radius 3 is 2.52 bits per heavy atom. The highest BCUT2D eigenvalue weighted by Crippen LogP contribution is 2.21. The van der Waals surface area contributed by atoms with E-state index in [0.717, 1.165) is 0 Å². The molecule has 0 aliphatic heterocycles. The lowest BCUT2D eigenvalue weighted by molar-refractivity contribution is 0.0697. The van der Waals surface area contributed by atoms with Crippen LogP contribution < -0.4 is 10.6 Å². The average Bonchev–Trinajstić information content (AvgIpc) is 2.37. The standard InChI is InChI=1S/C14H19ClN2O4/c1-8(2)12(7-21-3)17-14(20)16-9-4-5-10(13(18)19)11(15)6-9/h4-6,8,12H,7H2,1-3H3,(H,18,19)(H2,16,17,20). The number of rotatable bonds is 6. The molecular formula is C14H19ClN2O4. The summed E-state index contributed by atoms with van der Waals surface area (Å²) in [5.74, 6) is -0.898. The number of halogens is 1. The maximum atomic E-state index is 11.9. The zero-order chi connectivity index (χ0) is 16.0. The molecule has 0 saturated carbocycles. The number of benzene rings is 1. The number of methoxy groups -OCH3 is 1. The molecule has 1 atom stereocenters. The molecule has 1 aromatic carbocycles. The van der Waals surface area contributed by atoms with Crippen molar-refractivity contribution in [2.24, 2.45) is 5.92 Å². The van der Waals surface area contributed by atoms with Crippen LogP contribution in [-0.2, 0) is 4.74 Å². The summed E-state index contributed by atoms with van der Waals surface area (Å²) < 4.78 is 5.05. The zero-order valence-corrected chi connectivity index (χ0v) is 12.9. The van der Waals surface area contributed by atoms with Crippen LogP contribution in [0.2, 0.25) is 5.02 Å². The molecule has 0 aliphatic carbocycles. The van der Waals surface area contributed by atoms with Gasteiger partial charge in [0, 0.05) is 12.8 Å². The third-order valence-corrected chi connectivity index (χ3v) is 3.24. The Morgan fingerprint density at radius 1 is 1.38 bits per heavy atom. The number of hydrogen-bond acceptors (Lipinski definition) is 3. The second-order valence-corrected chi connectivity index (χ2v) is 5.31. The van der Waals surface area contributed by atoms with Gasteiger partial charge in [-0.2, -0.15) is 0 Å². The number of anilines is 1. The van der Waals surface area contributed by atoms with E-state index < -0.39 is 12.0 Å². The Kier molecular flexibility index (Phi) is 6.45. The van der Waals surface area contributed by atoms with E-state index in [9.17, 15) is 9.59 Å². The fourth-order valence-corrected chi connectivity index (χ4v) is 1.94. The third-order valence-electron chi connectivity index (χ3n) is 2.92. The van der Waals surface area contributed by atoms with E-state index >= 15 is 0 Å². The van der Waals surface area contributed by atoms with Gasteiger partial charge in [-0.3, -0.25) is 0 Å². The topological polar surface area (TPSA) is 87.7 Å². The number of carboxylic acid groups (broad SMARTS) is 1. The van der Waals surface area contributed by atoms with Crippen molar-refractivity contribution in [3.05, 3.63) is 28.8 Å². The van der Waals surface area contributed by atoms with Gasteiger partial charge in [-0.05, 0) is 24.1 Å². The van der Waals surface area contributed by atoms with E-state index in [0.29, 0.717) is 12.3 Å². The second-order valence-electron chi connectivity index (χ2n) is 4.90. The van der Waals surface area contributed by atoms with Crippen molar-refractivity contribution < 1.29 is 19.4 Å². The lowest BCUT2D eigenvalue weighted by atomic mass is 10.1. The van der Waals surface area contributed by atoms with Crippen LogP contribution in [0, 0.1) is 5.92 Å². The molecule has 21 heavy (non-hydrogen) atoms. The number of carboxylic acids is 1. The monoisotopic (exact) mass is 314 g/mol. The van der Waals surface area contributed by atoms with Crippen LogP contribution >= 0.6 is 11.6 Å². The number of hydrogen-bond donors (Lipinski definition) is 3. The van der Waals surface area contributed by atoms with Crippen molar-refractivity contribution in [3.63, 3.8) is 0 Å². The number of aromatic carboxylic acids is 1. The van der Waals surface area contributed by atoms with Crippen molar-refractivity contribution in [3.8, 4) is 0 Å². The van der Waals surface area contributed by atoms with Crippen molar-refractivity contribution >= 4 is 29.3 Å². The fraction of sp³-hybridized carbons (Fsp3) is 0.429. The van der Waals surface area contributed by atoms with Crippen LogP contribution in [-0.4, -0.2) is 36.9 Å². The van der Waals surface area contributed by atoms with Crippen LogP contribution in [0.15, 0.2) is 18.2 Å². The van der Waals surface area contributed by atoms with Gasteiger partial charge >= 0.3 is 12.0 Å². The summed E-state index contributed by atoms with van der Waals surface area (Å²) in [6, 6.07) is 3.70. The Bertz CT molecular complexity index is 520. The smallest absolute Gasteiger partial charge is 0.337 e. The molecule has 0 aromatic heterocycles. The molecule has 1 aromatic rings. The molecule has 2 amide bonds. The van der Waals surface area contributed by atoms with Crippen molar-refractivity contribution in [1.29, 1.82) is 0 Å². The molecule has 0 fully saturated rings. The predicted octanol–water partition coefficient (Wildman–Crippen LogP) is 2.83. The number of carbonyl (C=O) groups excluding carboxylic acids is 1. The molecule has 0 heterocycles. The van der Waals surface area contributed by atoms with Gasteiger partial charge in [-0.25, -0.2) is 9.59 Å². The molecule has 1 rings (SSSR count). The van der Waals surface area contributed by atoms with E-state index in [1.165, 1.54) is 18.2 Å². The van der Waals surface area contributed by atoms with Gasteiger partial charge in [0.25, 0.3) is 0 Å². The first-order valence-corrected chi connectivity index (χ1v) is 6.82. The molecule has 0 spiro atoms. The van der Waals surface area contributed by atoms with E-state index in [4.69, 9.17) is 21.4 Å². The second kappa shape index (κ2) is 7.85. The van der Waals surface area contributed by atoms with Crippen molar-refractivity contribution in [2.75, 3.05) is 19.0 Å². The molecule has 116 valence electrons. The zero-order valence-electron chi connectivity index (χ0n) is 12.1. The number of ether oxygens (including phenoxy) is 1. The summed E-state index contributed by atoms with van der Waals surface area (Å²) in [6.07, 6.45) is 0. The minimum atomic E-state index is -1.11. The molecule has 0 aliphatic rings. The Morgan fingerprint density at radius 2 is 2.05 bits per heavy atom. The van der Waals surface area contributed by atoms with Gasteiger partial charge in [0.1, 0.15) is 0 Å². The van der Waals surface area contributed by atoms with Gasteiger partial charge in [0.05, 0.1) is 23.2 Å². The average molecular weight is 315 g/mol. The summed E-state index contributed by atoms with van der Waals surface area (Å²) in [7, 11) is 1.57. The van der Waals surface area contributed by atoms with Crippen LogP contribution in [0.4, 0.5) is 10.5 Å². The first-order chi connectivity index (χ1) is 9.85. The molecule has 1 unspecified atom stereocenters. The minimum Gasteiger partial charge on any atom is -0.478 e. The molecule has 0 bridgehead atoms. The van der Waals surface area contributed by atoms with Crippen LogP contribution in [0.3, 0.4) is 0 Å². The summed E-state index contributed by atoms with van der Waals surface area (Å²) >= 11 is 5.84. The number of nitrogens with one attached hydrogen (secondary N) is 2. The first-order valence-electron chi connectivity index (χ1n) is 6.44. The van der Waals surface area contributed by atoms with Crippen molar-refractivity contribution in [2.45, 2.75) is 19.9 Å². The van der Waals surface area contributed by atoms with E-state index in [2.05, 4.69) is 10.6 Å². The molecular weight excluding hydrogens is 296 g/mol. The normalized spacial score (nSPS) is 12.0. The Hall–Kier alpha value is -1.79. The lowest BCUT2D eigenvalue weighted by Crippen LogP contribution is -2.43. The quantitative estimate of drug-likeness (QED) is 0.753. The summed E-state index contributed by atoms with van der Waals surface area (Å²) in [5, 5.41) is 14.3. The highest BCUT2D eigenvalue weighted by Gasteiger charge is 2.16. The third kappa shape index (κ3) is 5.24. The van der Waals surface area contributed by atoms with Gasteiger partial charge in [-0.1, -0.05) is 25.4 Å². The van der Waals surface area contributed by atoms with E-state index in [1.807, 2.05) is 13.8 Å². The summed E-state index contributed by atoms with van der Waals surface area (Å²) in [4.78, 5) is 22.7. The van der Waals surface area contributed by atoms with E-state index in [1.54, 1.807) is 7.11 Å². The van der Waals surface area contributed by atoms with E-state index in [-0.39, 0.29) is 22.5 Å². The maximum Gasteiger partial charge on any atom is 0.337 e. The molecule has 6 nitrogen and oxygen atoms in total. The SMILES string of the molecule is COCC(NC(=O)Nc1ccc(C(=O)O)c(Cl)c1)C(C)C. The number of amides is 2. The van der Waals surface area contributed by atoms with Gasteiger partial charge in [-0.15, -0.1) is 0 Å². The van der Waals surface area contributed by atoms with Gasteiger partial charge < -0.3 is 20.5 Å². The molecule has 3 N–H and O–H groups in total. The maximum absolute atomic E-state index is 11.9. The largest absolute Gasteiger partial charge is 0.478 e. The number of urea groups is 1. The summed E-state index contributed by atoms with van der Waals surface area (Å²) in [5.41, 5.74) is 0.407. The van der Waals surface area contributed by atoms with Crippen LogP contribution in [0.1, 0.15) is 24.2 Å². The molecule has 7 heteroatoms. The molecule has 0 radical (unpaired) electrons.